The first kappa shape index (κ1) is 23.6. The Morgan fingerprint density at radius 3 is 2.27 bits per heavy atom. The van der Waals surface area contributed by atoms with E-state index < -0.39 is 0 Å². The number of benzene rings is 3. The number of methoxy groups -OCH3 is 2. The highest BCUT2D eigenvalue weighted by Crippen LogP contribution is 2.28. The monoisotopic (exact) mass is 426 g/mol. The highest BCUT2D eigenvalue weighted by atomic mass is 32.2. The number of para-hydroxylation sites is 1. The second kappa shape index (κ2) is 13.5. The van der Waals surface area contributed by atoms with E-state index in [1.165, 1.54) is 30.4 Å². The summed E-state index contributed by atoms with van der Waals surface area (Å²) in [4.78, 5) is 9.59. The summed E-state index contributed by atoms with van der Waals surface area (Å²) in [6.45, 7) is 2.14. The Balaban J connectivity index is 0.000000575. The summed E-state index contributed by atoms with van der Waals surface area (Å²) in [5, 5.41) is 2.50. The molecule has 0 saturated carbocycles. The smallest absolute Gasteiger partial charge is 0.302 e. The lowest BCUT2D eigenvalue weighted by Gasteiger charge is -2.10. The third-order valence-corrected chi connectivity index (χ3v) is 5.51. The van der Waals surface area contributed by atoms with Crippen molar-refractivity contribution >= 4 is 28.5 Å². The second-order valence-corrected chi connectivity index (χ2v) is 7.77. The van der Waals surface area contributed by atoms with Crippen molar-refractivity contribution in [2.75, 3.05) is 32.3 Å². The quantitative estimate of drug-likeness (QED) is 0.321. The molecule has 0 radical (unpaired) electrons. The number of aryl methyl sites for hydroxylation is 1. The largest absolute Gasteiger partial charge is 0.496 e. The van der Waals surface area contributed by atoms with Gasteiger partial charge in [0.15, 0.2) is 0 Å². The SMILES string of the molecule is COC(C)=O.COc1cccc2c(CCSCCCOc3ccccc3)cccc12. The van der Waals surface area contributed by atoms with Gasteiger partial charge in [-0.15, -0.1) is 0 Å². The van der Waals surface area contributed by atoms with Gasteiger partial charge in [-0.05, 0) is 53.5 Å². The minimum atomic E-state index is -0.245. The normalized spacial score (nSPS) is 10.1. The van der Waals surface area contributed by atoms with E-state index in [0.717, 1.165) is 42.5 Å². The van der Waals surface area contributed by atoms with Crippen molar-refractivity contribution in [1.82, 2.24) is 0 Å². The van der Waals surface area contributed by atoms with Crippen LogP contribution in [0.15, 0.2) is 66.7 Å². The molecule has 3 aromatic carbocycles. The van der Waals surface area contributed by atoms with Crippen molar-refractivity contribution in [3.63, 3.8) is 0 Å². The van der Waals surface area contributed by atoms with Crippen LogP contribution >= 0.6 is 11.8 Å². The number of esters is 1. The fourth-order valence-corrected chi connectivity index (χ4v) is 3.78. The summed E-state index contributed by atoms with van der Waals surface area (Å²) in [7, 11) is 3.08. The number of hydrogen-bond donors (Lipinski definition) is 0. The first-order chi connectivity index (χ1) is 14.7. The average Bonchev–Trinajstić information content (AvgIpc) is 2.79. The molecule has 30 heavy (non-hydrogen) atoms. The Morgan fingerprint density at radius 2 is 1.57 bits per heavy atom. The molecule has 0 aliphatic heterocycles. The van der Waals surface area contributed by atoms with Crippen LogP contribution in [0.4, 0.5) is 0 Å². The molecule has 0 aromatic heterocycles. The number of hydrogen-bond acceptors (Lipinski definition) is 5. The summed E-state index contributed by atoms with van der Waals surface area (Å²) < 4.78 is 15.3. The number of carbonyl (C=O) groups is 1. The molecule has 0 aliphatic rings. The third-order valence-electron chi connectivity index (χ3n) is 4.44. The van der Waals surface area contributed by atoms with Crippen LogP contribution in [-0.4, -0.2) is 38.3 Å². The molecule has 160 valence electrons. The minimum absolute atomic E-state index is 0.245. The van der Waals surface area contributed by atoms with E-state index in [4.69, 9.17) is 9.47 Å². The van der Waals surface area contributed by atoms with Crippen LogP contribution < -0.4 is 9.47 Å². The molecule has 0 heterocycles. The Hall–Kier alpha value is -2.66. The van der Waals surface area contributed by atoms with Crippen molar-refractivity contribution in [2.45, 2.75) is 19.8 Å². The van der Waals surface area contributed by atoms with E-state index in [-0.39, 0.29) is 5.97 Å². The maximum atomic E-state index is 9.59. The van der Waals surface area contributed by atoms with Gasteiger partial charge in [-0.3, -0.25) is 4.79 Å². The molecular formula is C25H30O4S. The zero-order valence-corrected chi connectivity index (χ0v) is 18.7. The van der Waals surface area contributed by atoms with Gasteiger partial charge in [-0.1, -0.05) is 48.5 Å². The highest BCUT2D eigenvalue weighted by Gasteiger charge is 2.05. The summed E-state index contributed by atoms with van der Waals surface area (Å²) in [5.74, 6) is 3.91. The van der Waals surface area contributed by atoms with Crippen molar-refractivity contribution < 1.29 is 19.0 Å². The molecule has 0 N–H and O–H groups in total. The Morgan fingerprint density at radius 1 is 0.867 bits per heavy atom. The molecule has 0 spiro atoms. The molecule has 0 fully saturated rings. The van der Waals surface area contributed by atoms with Crippen LogP contribution in [0.5, 0.6) is 11.5 Å². The third kappa shape index (κ3) is 7.99. The van der Waals surface area contributed by atoms with E-state index in [9.17, 15) is 4.79 Å². The maximum absolute atomic E-state index is 9.59. The van der Waals surface area contributed by atoms with Gasteiger partial charge in [0.2, 0.25) is 0 Å². The molecule has 0 aliphatic carbocycles. The lowest BCUT2D eigenvalue weighted by atomic mass is 10.0. The maximum Gasteiger partial charge on any atom is 0.302 e. The van der Waals surface area contributed by atoms with E-state index in [2.05, 4.69) is 35.1 Å². The van der Waals surface area contributed by atoms with Gasteiger partial charge in [0.1, 0.15) is 11.5 Å². The zero-order valence-electron chi connectivity index (χ0n) is 17.9. The summed E-state index contributed by atoms with van der Waals surface area (Å²) in [6, 6.07) is 22.8. The van der Waals surface area contributed by atoms with Gasteiger partial charge in [-0.2, -0.15) is 11.8 Å². The number of carbonyl (C=O) groups excluding carboxylic acids is 1. The first-order valence-corrected chi connectivity index (χ1v) is 11.2. The Labute approximate surface area is 183 Å². The minimum Gasteiger partial charge on any atom is -0.496 e. The summed E-state index contributed by atoms with van der Waals surface area (Å²) in [6.07, 6.45) is 2.15. The first-order valence-electron chi connectivity index (χ1n) is 10.0. The molecule has 0 bridgehead atoms. The van der Waals surface area contributed by atoms with Crippen LogP contribution in [0, 0.1) is 0 Å². The van der Waals surface area contributed by atoms with E-state index in [0.29, 0.717) is 0 Å². The van der Waals surface area contributed by atoms with Crippen molar-refractivity contribution in [2.24, 2.45) is 0 Å². The fraction of sp³-hybridized carbons (Fsp3) is 0.320. The van der Waals surface area contributed by atoms with Crippen molar-refractivity contribution in [3.05, 3.63) is 72.3 Å². The average molecular weight is 427 g/mol. The van der Waals surface area contributed by atoms with Crippen LogP contribution in [0.1, 0.15) is 18.9 Å². The molecule has 0 saturated heterocycles. The Bertz CT molecular complexity index is 896. The fourth-order valence-electron chi connectivity index (χ4n) is 2.89. The van der Waals surface area contributed by atoms with Crippen molar-refractivity contribution in [3.8, 4) is 11.5 Å². The summed E-state index contributed by atoms with van der Waals surface area (Å²) >= 11 is 1.99. The van der Waals surface area contributed by atoms with Crippen LogP contribution in [-0.2, 0) is 16.0 Å². The number of thioether (sulfide) groups is 1. The zero-order chi connectivity index (χ0) is 21.6. The Kier molecular flexibility index (Phi) is 10.7. The molecule has 0 amide bonds. The van der Waals surface area contributed by atoms with Gasteiger partial charge in [0.05, 0.1) is 20.8 Å². The van der Waals surface area contributed by atoms with Gasteiger partial charge in [0.25, 0.3) is 0 Å². The van der Waals surface area contributed by atoms with Crippen LogP contribution in [0.25, 0.3) is 10.8 Å². The van der Waals surface area contributed by atoms with Gasteiger partial charge in [-0.25, -0.2) is 0 Å². The topological polar surface area (TPSA) is 44.8 Å². The van der Waals surface area contributed by atoms with Crippen LogP contribution in [0.2, 0.25) is 0 Å². The molecule has 5 heteroatoms. The molecule has 4 nitrogen and oxygen atoms in total. The van der Waals surface area contributed by atoms with E-state index in [1.54, 1.807) is 7.11 Å². The van der Waals surface area contributed by atoms with Gasteiger partial charge < -0.3 is 14.2 Å². The van der Waals surface area contributed by atoms with Gasteiger partial charge >= 0.3 is 5.97 Å². The van der Waals surface area contributed by atoms with E-state index in [1.807, 2.05) is 48.2 Å². The molecule has 0 unspecified atom stereocenters. The molecule has 3 aromatic rings. The van der Waals surface area contributed by atoms with Crippen molar-refractivity contribution in [1.29, 1.82) is 0 Å². The standard InChI is InChI=1S/C22H24O2S.C3H6O2/c1-23-22-13-6-11-20-18(8-5-12-21(20)22)14-17-25-16-7-15-24-19-9-3-2-4-10-19;1-3(4)5-2/h2-6,8-13H,7,14-17H2,1H3;1-2H3. The second-order valence-electron chi connectivity index (χ2n) is 6.55. The lowest BCUT2D eigenvalue weighted by molar-refractivity contribution is -0.137. The molecular weight excluding hydrogens is 396 g/mol. The highest BCUT2D eigenvalue weighted by molar-refractivity contribution is 7.99. The molecule has 0 atom stereocenters. The number of ether oxygens (including phenoxy) is 3. The lowest BCUT2D eigenvalue weighted by Crippen LogP contribution is -1.99. The van der Waals surface area contributed by atoms with Crippen LogP contribution in [0.3, 0.4) is 0 Å². The van der Waals surface area contributed by atoms with Gasteiger partial charge in [0, 0.05) is 12.3 Å². The predicted octanol–water partition coefficient (Wildman–Crippen LogP) is 5.77. The number of rotatable bonds is 9. The van der Waals surface area contributed by atoms with E-state index >= 15 is 0 Å². The number of fused-ring (bicyclic) bond motifs is 1. The summed E-state index contributed by atoms with van der Waals surface area (Å²) in [5.41, 5.74) is 1.39. The predicted molar refractivity (Wildman–Crippen MR) is 126 cm³/mol. The molecule has 3 rings (SSSR count).